The van der Waals surface area contributed by atoms with Crippen LogP contribution in [-0.2, 0) is 0 Å². The highest BCUT2D eigenvalue weighted by Gasteiger charge is 2.13. The van der Waals surface area contributed by atoms with Gasteiger partial charge in [0, 0.05) is 0 Å². The maximum absolute atomic E-state index is 12.8. The molecule has 0 aliphatic rings. The largest absolute Gasteiger partial charge is 0.355 e. The summed E-state index contributed by atoms with van der Waals surface area (Å²) in [5.41, 5.74) is 0.884. The van der Waals surface area contributed by atoms with Gasteiger partial charge in [-0.2, -0.15) is 0 Å². The number of hydrogen-bond acceptors (Lipinski definition) is 5. The lowest BCUT2D eigenvalue weighted by atomic mass is 10.1. The minimum atomic E-state index is -0.481. The summed E-state index contributed by atoms with van der Waals surface area (Å²) in [6.07, 6.45) is 1.21. The van der Waals surface area contributed by atoms with E-state index < -0.39 is 4.92 Å². The minimum Gasteiger partial charge on any atom is -0.355 e. The summed E-state index contributed by atoms with van der Waals surface area (Å²) in [4.78, 5) is 13.9. The van der Waals surface area contributed by atoms with Crippen molar-refractivity contribution in [2.75, 3.05) is 5.32 Å². The van der Waals surface area contributed by atoms with Crippen molar-refractivity contribution in [1.82, 2.24) is 4.98 Å². The zero-order valence-electron chi connectivity index (χ0n) is 9.46. The quantitative estimate of drug-likeness (QED) is 0.681. The molecule has 0 fully saturated rings. The molecule has 1 aromatic heterocycles. The SMILES string of the molecule is CC(Nc1ncc([N+](=O)[O-])s1)c1ccc(F)cc1. The second kappa shape index (κ2) is 5.09. The van der Waals surface area contributed by atoms with Gasteiger partial charge in [-0.1, -0.05) is 12.1 Å². The molecule has 2 rings (SSSR count). The molecule has 0 bridgehead atoms. The number of aromatic nitrogens is 1. The van der Waals surface area contributed by atoms with E-state index in [2.05, 4.69) is 10.3 Å². The Bertz CT molecular complexity index is 556. The van der Waals surface area contributed by atoms with E-state index in [1.807, 2.05) is 6.92 Å². The monoisotopic (exact) mass is 267 g/mol. The molecule has 1 aromatic carbocycles. The number of nitrogens with zero attached hydrogens (tertiary/aromatic N) is 2. The van der Waals surface area contributed by atoms with Crippen LogP contribution in [0.2, 0.25) is 0 Å². The molecule has 0 saturated heterocycles. The molecule has 0 saturated carbocycles. The van der Waals surface area contributed by atoms with Gasteiger partial charge in [-0.3, -0.25) is 10.1 Å². The van der Waals surface area contributed by atoms with Crippen LogP contribution in [0.25, 0.3) is 0 Å². The van der Waals surface area contributed by atoms with Gasteiger partial charge in [0.15, 0.2) is 5.13 Å². The summed E-state index contributed by atoms with van der Waals surface area (Å²) in [7, 11) is 0. The molecule has 0 radical (unpaired) electrons. The van der Waals surface area contributed by atoms with Gasteiger partial charge in [0.05, 0.1) is 11.0 Å². The van der Waals surface area contributed by atoms with Gasteiger partial charge in [-0.05, 0) is 36.0 Å². The molecule has 0 aliphatic carbocycles. The molecular formula is C11H10FN3O2S. The number of rotatable bonds is 4. The maximum atomic E-state index is 12.8. The van der Waals surface area contributed by atoms with Crippen LogP contribution in [0, 0.1) is 15.9 Å². The topological polar surface area (TPSA) is 68.1 Å². The average molecular weight is 267 g/mol. The zero-order valence-corrected chi connectivity index (χ0v) is 10.3. The predicted octanol–water partition coefficient (Wildman–Crippen LogP) is 3.36. The highest BCUT2D eigenvalue weighted by molar-refractivity contribution is 7.18. The van der Waals surface area contributed by atoms with Gasteiger partial charge >= 0.3 is 5.00 Å². The molecule has 2 aromatic rings. The Balaban J connectivity index is 2.08. The highest BCUT2D eigenvalue weighted by atomic mass is 32.1. The van der Waals surface area contributed by atoms with E-state index >= 15 is 0 Å². The van der Waals surface area contributed by atoms with Crippen molar-refractivity contribution in [3.63, 3.8) is 0 Å². The van der Waals surface area contributed by atoms with Crippen molar-refractivity contribution in [2.45, 2.75) is 13.0 Å². The highest BCUT2D eigenvalue weighted by Crippen LogP contribution is 2.28. The van der Waals surface area contributed by atoms with Crippen LogP contribution < -0.4 is 5.32 Å². The summed E-state index contributed by atoms with van der Waals surface area (Å²) >= 11 is 0.972. The van der Waals surface area contributed by atoms with E-state index in [4.69, 9.17) is 0 Å². The number of anilines is 1. The normalized spacial score (nSPS) is 12.1. The fourth-order valence-corrected chi connectivity index (χ4v) is 2.16. The average Bonchev–Trinajstić information content (AvgIpc) is 2.78. The van der Waals surface area contributed by atoms with Crippen LogP contribution in [0.3, 0.4) is 0 Å². The van der Waals surface area contributed by atoms with Gasteiger partial charge < -0.3 is 5.32 Å². The van der Waals surface area contributed by atoms with Crippen molar-refractivity contribution in [1.29, 1.82) is 0 Å². The van der Waals surface area contributed by atoms with E-state index in [1.165, 1.54) is 18.3 Å². The Labute approximate surface area is 106 Å². The number of thiazole rings is 1. The Morgan fingerprint density at radius 3 is 2.67 bits per heavy atom. The first-order chi connectivity index (χ1) is 8.56. The third-order valence-electron chi connectivity index (χ3n) is 2.38. The van der Waals surface area contributed by atoms with Crippen LogP contribution in [0.1, 0.15) is 18.5 Å². The lowest BCUT2D eigenvalue weighted by molar-refractivity contribution is -0.380. The van der Waals surface area contributed by atoms with E-state index in [9.17, 15) is 14.5 Å². The second-order valence-corrected chi connectivity index (χ2v) is 4.69. The number of halogens is 1. The molecule has 5 nitrogen and oxygen atoms in total. The van der Waals surface area contributed by atoms with E-state index in [0.29, 0.717) is 5.13 Å². The van der Waals surface area contributed by atoms with Gasteiger partial charge in [0.1, 0.15) is 12.0 Å². The molecule has 0 amide bonds. The lowest BCUT2D eigenvalue weighted by Gasteiger charge is -2.12. The van der Waals surface area contributed by atoms with E-state index in [0.717, 1.165) is 16.9 Å². The first-order valence-electron chi connectivity index (χ1n) is 5.18. The molecular weight excluding hydrogens is 257 g/mol. The Hall–Kier alpha value is -2.02. The molecule has 0 aliphatic heterocycles. The standard InChI is InChI=1S/C11H10FN3O2S/c1-7(8-2-4-9(12)5-3-8)14-11-13-6-10(18-11)15(16)17/h2-7H,1H3,(H,13,14). The van der Waals surface area contributed by atoms with Gasteiger partial charge in [-0.15, -0.1) is 0 Å². The van der Waals surface area contributed by atoms with Crippen LogP contribution in [0.4, 0.5) is 14.5 Å². The lowest BCUT2D eigenvalue weighted by Crippen LogP contribution is -2.05. The summed E-state index contributed by atoms with van der Waals surface area (Å²) in [5.74, 6) is -0.296. The summed E-state index contributed by atoms with van der Waals surface area (Å²) in [6, 6.07) is 5.97. The van der Waals surface area contributed by atoms with Crippen molar-refractivity contribution in [3.05, 3.63) is 52.0 Å². The molecule has 1 unspecified atom stereocenters. The first kappa shape index (κ1) is 12.4. The molecule has 7 heteroatoms. The Morgan fingerprint density at radius 1 is 1.44 bits per heavy atom. The molecule has 94 valence electrons. The summed E-state index contributed by atoms with van der Waals surface area (Å²) in [5, 5.41) is 14.0. The van der Waals surface area contributed by atoms with Crippen molar-refractivity contribution < 1.29 is 9.31 Å². The molecule has 1 N–H and O–H groups in total. The second-order valence-electron chi connectivity index (χ2n) is 3.68. The van der Waals surface area contributed by atoms with Crippen molar-refractivity contribution >= 4 is 21.5 Å². The summed E-state index contributed by atoms with van der Waals surface area (Å²) in [6.45, 7) is 1.88. The number of nitrogens with one attached hydrogen (secondary N) is 1. The zero-order chi connectivity index (χ0) is 13.1. The Kier molecular flexibility index (Phi) is 3.52. The van der Waals surface area contributed by atoms with E-state index in [1.54, 1.807) is 12.1 Å². The van der Waals surface area contributed by atoms with Crippen LogP contribution in [0.5, 0.6) is 0 Å². The number of benzene rings is 1. The Morgan fingerprint density at radius 2 is 2.11 bits per heavy atom. The van der Waals surface area contributed by atoms with Crippen molar-refractivity contribution in [2.24, 2.45) is 0 Å². The van der Waals surface area contributed by atoms with Gasteiger partial charge in [0.25, 0.3) is 0 Å². The predicted molar refractivity (Wildman–Crippen MR) is 67.2 cm³/mol. The van der Waals surface area contributed by atoms with Crippen molar-refractivity contribution in [3.8, 4) is 0 Å². The molecule has 1 heterocycles. The van der Waals surface area contributed by atoms with Gasteiger partial charge in [0.2, 0.25) is 0 Å². The van der Waals surface area contributed by atoms with E-state index in [-0.39, 0.29) is 16.9 Å². The summed E-state index contributed by atoms with van der Waals surface area (Å²) < 4.78 is 12.8. The van der Waals surface area contributed by atoms with Crippen LogP contribution >= 0.6 is 11.3 Å². The maximum Gasteiger partial charge on any atom is 0.345 e. The first-order valence-corrected chi connectivity index (χ1v) is 6.00. The van der Waals surface area contributed by atoms with Crippen LogP contribution in [-0.4, -0.2) is 9.91 Å². The molecule has 18 heavy (non-hydrogen) atoms. The minimum absolute atomic E-state index is 0.0104. The van der Waals surface area contributed by atoms with Gasteiger partial charge in [-0.25, -0.2) is 9.37 Å². The smallest absolute Gasteiger partial charge is 0.345 e. The fourth-order valence-electron chi connectivity index (χ4n) is 1.44. The van der Waals surface area contributed by atoms with Crippen LogP contribution in [0.15, 0.2) is 30.5 Å². The third kappa shape index (κ3) is 2.80. The fraction of sp³-hybridized carbons (Fsp3) is 0.182. The number of nitro groups is 1. The third-order valence-corrected chi connectivity index (χ3v) is 3.26. The molecule has 0 spiro atoms. The molecule has 1 atom stereocenters. The number of hydrogen-bond donors (Lipinski definition) is 1.